The molecule has 0 aliphatic rings. The van der Waals surface area contributed by atoms with Crippen molar-refractivity contribution in [2.24, 2.45) is 0 Å². The number of imidazole rings is 1. The van der Waals surface area contributed by atoms with E-state index in [1.54, 1.807) is 12.4 Å². The molecular formula is C14H19N3O3S. The van der Waals surface area contributed by atoms with Crippen LogP contribution in [-0.2, 0) is 16.8 Å². The van der Waals surface area contributed by atoms with Crippen LogP contribution in [0.1, 0.15) is 38.1 Å². The predicted molar refractivity (Wildman–Crippen MR) is 79.6 cm³/mol. The van der Waals surface area contributed by atoms with Gasteiger partial charge in [-0.3, -0.25) is 4.79 Å². The Labute approximate surface area is 127 Å². The van der Waals surface area contributed by atoms with Gasteiger partial charge in [-0.25, -0.2) is 9.97 Å². The Kier molecular flexibility index (Phi) is 4.41. The van der Waals surface area contributed by atoms with Gasteiger partial charge in [-0.05, 0) is 6.92 Å². The van der Waals surface area contributed by atoms with Crippen LogP contribution in [0.3, 0.4) is 0 Å². The maximum absolute atomic E-state index is 10.8. The normalized spacial score (nSPS) is 11.8. The van der Waals surface area contributed by atoms with Crippen molar-refractivity contribution in [3.63, 3.8) is 0 Å². The smallest absolute Gasteiger partial charge is 0.313 e. The lowest BCUT2D eigenvalue weighted by molar-refractivity contribution is -0.133. The third-order valence-corrected chi connectivity index (χ3v) is 3.85. The van der Waals surface area contributed by atoms with Crippen molar-refractivity contribution in [3.8, 4) is 0 Å². The molecule has 7 heteroatoms. The van der Waals surface area contributed by atoms with E-state index in [2.05, 4.69) is 30.7 Å². The summed E-state index contributed by atoms with van der Waals surface area (Å²) in [5.74, 6) is 0.458. The molecule has 0 spiro atoms. The predicted octanol–water partition coefficient (Wildman–Crippen LogP) is 2.70. The second-order valence-electron chi connectivity index (χ2n) is 5.81. The lowest BCUT2D eigenvalue weighted by Crippen LogP contribution is -2.19. The first-order valence-electron chi connectivity index (χ1n) is 6.59. The molecule has 2 aromatic rings. The van der Waals surface area contributed by atoms with Crippen molar-refractivity contribution in [1.29, 1.82) is 0 Å². The summed E-state index contributed by atoms with van der Waals surface area (Å²) in [5.41, 5.74) is 0.919. The van der Waals surface area contributed by atoms with Crippen LogP contribution < -0.4 is 0 Å². The lowest BCUT2D eigenvalue weighted by atomic mass is 9.92. The summed E-state index contributed by atoms with van der Waals surface area (Å²) in [6, 6.07) is 0. The highest BCUT2D eigenvalue weighted by atomic mass is 32.2. The number of hydrogen-bond acceptors (Lipinski definition) is 5. The third-order valence-electron chi connectivity index (χ3n) is 2.87. The van der Waals surface area contributed by atoms with Gasteiger partial charge >= 0.3 is 5.97 Å². The average molecular weight is 309 g/mol. The monoisotopic (exact) mass is 309 g/mol. The van der Waals surface area contributed by atoms with Gasteiger partial charge in [-0.15, -0.1) is 0 Å². The standard InChI is InChI=1S/C14H19N3O3S/c1-9-5-15-11(20-9)7-17-10(14(2,3)4)6-16-13(17)21-8-12(18)19/h5-6H,7-8H2,1-4H3,(H,18,19). The Balaban J connectivity index is 2.33. The minimum atomic E-state index is -0.862. The van der Waals surface area contributed by atoms with Gasteiger partial charge < -0.3 is 14.1 Å². The summed E-state index contributed by atoms with van der Waals surface area (Å²) >= 11 is 1.20. The number of nitrogens with zero attached hydrogens (tertiary/aromatic N) is 3. The van der Waals surface area contributed by atoms with E-state index in [1.807, 2.05) is 11.5 Å². The van der Waals surface area contributed by atoms with Gasteiger partial charge in [0.05, 0.1) is 11.9 Å². The van der Waals surface area contributed by atoms with Gasteiger partial charge in [0.2, 0.25) is 5.89 Å². The lowest BCUT2D eigenvalue weighted by Gasteiger charge is -2.21. The molecule has 0 aliphatic carbocycles. The highest BCUT2D eigenvalue weighted by Gasteiger charge is 2.23. The van der Waals surface area contributed by atoms with Crippen LogP contribution in [0.4, 0.5) is 0 Å². The van der Waals surface area contributed by atoms with Gasteiger partial charge in [-0.1, -0.05) is 32.5 Å². The molecule has 0 atom stereocenters. The van der Waals surface area contributed by atoms with E-state index in [9.17, 15) is 4.79 Å². The summed E-state index contributed by atoms with van der Waals surface area (Å²) in [7, 11) is 0. The van der Waals surface area contributed by atoms with Crippen molar-refractivity contribution in [2.45, 2.75) is 44.8 Å². The van der Waals surface area contributed by atoms with Crippen LogP contribution in [0.2, 0.25) is 0 Å². The van der Waals surface area contributed by atoms with Crippen LogP contribution in [-0.4, -0.2) is 31.4 Å². The fraction of sp³-hybridized carbons (Fsp3) is 0.500. The fourth-order valence-electron chi connectivity index (χ4n) is 1.96. The molecule has 0 radical (unpaired) electrons. The fourth-order valence-corrected chi connectivity index (χ4v) is 2.66. The van der Waals surface area contributed by atoms with Crippen LogP contribution >= 0.6 is 11.8 Å². The van der Waals surface area contributed by atoms with Crippen molar-refractivity contribution in [3.05, 3.63) is 29.7 Å². The minimum Gasteiger partial charge on any atom is -0.481 e. The molecule has 114 valence electrons. The average Bonchev–Trinajstić information content (AvgIpc) is 2.93. The number of aromatic nitrogens is 3. The van der Waals surface area contributed by atoms with Gasteiger partial charge in [0, 0.05) is 17.3 Å². The Morgan fingerprint density at radius 2 is 2.10 bits per heavy atom. The van der Waals surface area contributed by atoms with E-state index < -0.39 is 5.97 Å². The van der Waals surface area contributed by atoms with E-state index in [-0.39, 0.29) is 11.2 Å². The summed E-state index contributed by atoms with van der Waals surface area (Å²) in [5, 5.41) is 9.50. The first-order chi connectivity index (χ1) is 9.77. The minimum absolute atomic E-state index is 0.0226. The summed E-state index contributed by atoms with van der Waals surface area (Å²) in [6.07, 6.45) is 3.47. The van der Waals surface area contributed by atoms with Crippen molar-refractivity contribution in [2.75, 3.05) is 5.75 Å². The molecule has 1 N–H and O–H groups in total. The molecule has 6 nitrogen and oxygen atoms in total. The van der Waals surface area contributed by atoms with Crippen LogP contribution in [0.15, 0.2) is 22.0 Å². The topological polar surface area (TPSA) is 81.2 Å². The molecule has 0 saturated heterocycles. The number of aryl methyl sites for hydroxylation is 1. The molecule has 0 saturated carbocycles. The Morgan fingerprint density at radius 1 is 1.38 bits per heavy atom. The molecule has 0 bridgehead atoms. The number of carboxylic acids is 1. The van der Waals surface area contributed by atoms with E-state index in [4.69, 9.17) is 9.52 Å². The van der Waals surface area contributed by atoms with E-state index >= 15 is 0 Å². The molecule has 21 heavy (non-hydrogen) atoms. The van der Waals surface area contributed by atoms with Crippen LogP contribution in [0.25, 0.3) is 0 Å². The summed E-state index contributed by atoms with van der Waals surface area (Å²) in [6.45, 7) is 8.56. The van der Waals surface area contributed by atoms with E-state index in [0.29, 0.717) is 17.6 Å². The summed E-state index contributed by atoms with van der Waals surface area (Å²) in [4.78, 5) is 19.3. The third kappa shape index (κ3) is 3.87. The molecule has 0 unspecified atom stereocenters. The van der Waals surface area contributed by atoms with Gasteiger partial charge in [0.25, 0.3) is 0 Å². The maximum Gasteiger partial charge on any atom is 0.313 e. The second kappa shape index (κ2) is 5.93. The first-order valence-corrected chi connectivity index (χ1v) is 7.58. The van der Waals surface area contributed by atoms with Crippen molar-refractivity contribution < 1.29 is 14.3 Å². The van der Waals surface area contributed by atoms with Crippen LogP contribution in [0, 0.1) is 6.92 Å². The molecule has 2 heterocycles. The Morgan fingerprint density at radius 3 is 2.62 bits per heavy atom. The zero-order chi connectivity index (χ0) is 15.6. The molecule has 0 aromatic carbocycles. The molecule has 2 rings (SSSR count). The highest BCUT2D eigenvalue weighted by Crippen LogP contribution is 2.28. The molecule has 0 fully saturated rings. The molecule has 0 aliphatic heterocycles. The van der Waals surface area contributed by atoms with Gasteiger partial charge in [0.1, 0.15) is 12.3 Å². The number of aliphatic carboxylic acids is 1. The number of carbonyl (C=O) groups is 1. The van der Waals surface area contributed by atoms with Crippen molar-refractivity contribution >= 4 is 17.7 Å². The largest absolute Gasteiger partial charge is 0.481 e. The van der Waals surface area contributed by atoms with Crippen molar-refractivity contribution in [1.82, 2.24) is 14.5 Å². The number of hydrogen-bond donors (Lipinski definition) is 1. The molecule has 0 amide bonds. The number of carboxylic acid groups (broad SMARTS) is 1. The number of oxazole rings is 1. The Bertz CT molecular complexity index is 640. The van der Waals surface area contributed by atoms with Gasteiger partial charge in [0.15, 0.2) is 5.16 Å². The Hall–Kier alpha value is -1.76. The summed E-state index contributed by atoms with van der Waals surface area (Å²) < 4.78 is 7.49. The van der Waals surface area contributed by atoms with Gasteiger partial charge in [-0.2, -0.15) is 0 Å². The first kappa shape index (κ1) is 15.6. The SMILES string of the molecule is Cc1cnc(Cn2c(C(C)(C)C)cnc2SCC(=O)O)o1. The number of rotatable bonds is 5. The second-order valence-corrected chi connectivity index (χ2v) is 6.75. The molecule has 2 aromatic heterocycles. The van der Waals surface area contributed by atoms with E-state index in [1.165, 1.54) is 11.8 Å². The number of thioether (sulfide) groups is 1. The zero-order valence-corrected chi connectivity index (χ0v) is 13.4. The molecular weight excluding hydrogens is 290 g/mol. The zero-order valence-electron chi connectivity index (χ0n) is 12.6. The van der Waals surface area contributed by atoms with Crippen LogP contribution in [0.5, 0.6) is 0 Å². The highest BCUT2D eigenvalue weighted by molar-refractivity contribution is 7.99. The quantitative estimate of drug-likeness (QED) is 0.855. The van der Waals surface area contributed by atoms with E-state index in [0.717, 1.165) is 11.5 Å². The maximum atomic E-state index is 10.8.